The summed E-state index contributed by atoms with van der Waals surface area (Å²) in [6.45, 7) is 2.19. The lowest BCUT2D eigenvalue weighted by atomic mass is 9.67. The molecule has 0 saturated heterocycles. The van der Waals surface area contributed by atoms with Gasteiger partial charge in [0.25, 0.3) is 0 Å². The largest absolute Gasteiger partial charge is 0.482 e. The number of para-hydroxylation sites is 2. The van der Waals surface area contributed by atoms with Crippen LogP contribution in [-0.4, -0.2) is 10.2 Å². The third-order valence-electron chi connectivity index (χ3n) is 13.0. The lowest BCUT2D eigenvalue weighted by molar-refractivity contribution is 0.155. The number of aromatic nitrogens is 1. The molecule has 3 aliphatic rings. The molecule has 12 rings (SSSR count). The monoisotopic (exact) mass is 756 g/mol. The first-order chi connectivity index (χ1) is 29.1. The lowest BCUT2D eigenvalue weighted by Crippen LogP contribution is -2.32. The summed E-state index contributed by atoms with van der Waals surface area (Å²) in [6.07, 6.45) is 8.70. The molecular formula is C56H40N2O. The highest BCUT2D eigenvalue weighted by Gasteiger charge is 2.47. The fourth-order valence-corrected chi connectivity index (χ4v) is 10.4. The molecule has 2 atom stereocenters. The molecule has 280 valence electrons. The van der Waals surface area contributed by atoms with Crippen LogP contribution in [0.25, 0.3) is 38.6 Å². The molecule has 3 nitrogen and oxygen atoms in total. The Morgan fingerprint density at radius 3 is 1.92 bits per heavy atom. The van der Waals surface area contributed by atoms with Crippen LogP contribution in [0.5, 0.6) is 5.75 Å². The Balaban J connectivity index is 1.12. The van der Waals surface area contributed by atoms with Crippen molar-refractivity contribution in [3.63, 3.8) is 0 Å². The summed E-state index contributed by atoms with van der Waals surface area (Å²) in [4.78, 5) is 2.43. The van der Waals surface area contributed by atoms with Gasteiger partial charge >= 0.3 is 0 Å². The van der Waals surface area contributed by atoms with Crippen molar-refractivity contribution < 1.29 is 4.74 Å². The van der Waals surface area contributed by atoms with E-state index in [1.807, 2.05) is 0 Å². The summed E-state index contributed by atoms with van der Waals surface area (Å²) in [6, 6.07) is 71.4. The molecule has 2 heterocycles. The lowest BCUT2D eigenvalue weighted by Gasteiger charge is -2.35. The average Bonchev–Trinajstić information content (AvgIpc) is 3.90. The van der Waals surface area contributed by atoms with Crippen LogP contribution in [-0.2, 0) is 5.41 Å². The molecule has 0 bridgehead atoms. The first-order valence-electron chi connectivity index (χ1n) is 20.6. The van der Waals surface area contributed by atoms with Crippen molar-refractivity contribution in [1.29, 1.82) is 0 Å². The molecule has 0 radical (unpaired) electrons. The Morgan fingerprint density at radius 2 is 1.12 bits per heavy atom. The van der Waals surface area contributed by atoms with Crippen molar-refractivity contribution in [2.45, 2.75) is 23.9 Å². The van der Waals surface area contributed by atoms with Gasteiger partial charge in [-0.2, -0.15) is 0 Å². The molecule has 0 N–H and O–H groups in total. The number of hydrogen-bond donors (Lipinski definition) is 0. The second kappa shape index (κ2) is 12.8. The molecule has 0 fully saturated rings. The number of anilines is 3. The van der Waals surface area contributed by atoms with Crippen LogP contribution in [0.15, 0.2) is 218 Å². The first-order valence-corrected chi connectivity index (χ1v) is 20.6. The molecule has 0 spiro atoms. The molecule has 1 aromatic heterocycles. The molecule has 1 aliphatic heterocycles. The number of ether oxygens (including phenoxy) is 1. The zero-order valence-corrected chi connectivity index (χ0v) is 32.7. The van der Waals surface area contributed by atoms with E-state index in [0.717, 1.165) is 28.5 Å². The van der Waals surface area contributed by atoms with E-state index in [-0.39, 0.29) is 5.92 Å². The van der Waals surface area contributed by atoms with Gasteiger partial charge in [0.15, 0.2) is 0 Å². The van der Waals surface area contributed by atoms with E-state index in [1.54, 1.807) is 0 Å². The molecule has 9 aromatic rings. The molecule has 0 saturated carbocycles. The Bertz CT molecular complexity index is 3120. The molecule has 59 heavy (non-hydrogen) atoms. The van der Waals surface area contributed by atoms with E-state index in [0.29, 0.717) is 0 Å². The summed E-state index contributed by atoms with van der Waals surface area (Å²) in [5.74, 6) is 1.09. The van der Waals surface area contributed by atoms with E-state index in [4.69, 9.17) is 4.74 Å². The Hall–Kier alpha value is -7.36. The Morgan fingerprint density at radius 1 is 0.508 bits per heavy atom. The topological polar surface area (TPSA) is 17.4 Å². The third kappa shape index (κ3) is 4.88. The maximum Gasteiger partial charge on any atom is 0.135 e. The van der Waals surface area contributed by atoms with E-state index < -0.39 is 11.0 Å². The number of fused-ring (bicyclic) bond motifs is 9. The molecular weight excluding hydrogens is 717 g/mol. The van der Waals surface area contributed by atoms with Crippen molar-refractivity contribution in [2.75, 3.05) is 4.90 Å². The fourth-order valence-electron chi connectivity index (χ4n) is 10.4. The minimum absolute atomic E-state index is 0.168. The second-order valence-electron chi connectivity index (χ2n) is 16.2. The zero-order chi connectivity index (χ0) is 39.1. The van der Waals surface area contributed by atoms with Gasteiger partial charge in [0.1, 0.15) is 11.4 Å². The maximum absolute atomic E-state index is 6.84. The van der Waals surface area contributed by atoms with Crippen molar-refractivity contribution in [2.24, 2.45) is 0 Å². The zero-order valence-electron chi connectivity index (χ0n) is 32.7. The third-order valence-corrected chi connectivity index (χ3v) is 13.0. The smallest absolute Gasteiger partial charge is 0.135 e. The van der Waals surface area contributed by atoms with Crippen LogP contribution < -0.4 is 9.64 Å². The average molecular weight is 757 g/mol. The summed E-state index contributed by atoms with van der Waals surface area (Å²) in [5.41, 5.74) is 14.6. The number of nitrogens with zero attached hydrogens (tertiary/aromatic N) is 2. The van der Waals surface area contributed by atoms with Gasteiger partial charge in [0.05, 0.1) is 16.4 Å². The van der Waals surface area contributed by atoms with E-state index in [9.17, 15) is 0 Å². The minimum atomic E-state index is -0.521. The van der Waals surface area contributed by atoms with Gasteiger partial charge in [0.2, 0.25) is 0 Å². The van der Waals surface area contributed by atoms with Gasteiger partial charge in [-0.15, -0.1) is 0 Å². The Labute approximate surface area is 344 Å². The molecule has 3 heteroatoms. The highest BCUT2D eigenvalue weighted by molar-refractivity contribution is 6.10. The van der Waals surface area contributed by atoms with Crippen LogP contribution >= 0.6 is 0 Å². The predicted molar refractivity (Wildman–Crippen MR) is 243 cm³/mol. The highest BCUT2D eigenvalue weighted by atomic mass is 16.5. The van der Waals surface area contributed by atoms with E-state index >= 15 is 0 Å². The van der Waals surface area contributed by atoms with Gasteiger partial charge in [-0.05, 0) is 101 Å². The first kappa shape index (κ1) is 33.7. The van der Waals surface area contributed by atoms with Gasteiger partial charge < -0.3 is 14.2 Å². The second-order valence-corrected chi connectivity index (χ2v) is 16.2. The summed E-state index contributed by atoms with van der Waals surface area (Å²) >= 11 is 0. The van der Waals surface area contributed by atoms with E-state index in [2.05, 4.69) is 235 Å². The number of rotatable bonds is 6. The van der Waals surface area contributed by atoms with Crippen molar-refractivity contribution in [1.82, 2.24) is 4.57 Å². The van der Waals surface area contributed by atoms with Crippen LogP contribution in [0.2, 0.25) is 0 Å². The molecule has 2 aliphatic carbocycles. The number of allylic oxidation sites excluding steroid dienone is 2. The number of benzene rings is 8. The van der Waals surface area contributed by atoms with Crippen LogP contribution in [0.1, 0.15) is 40.7 Å². The van der Waals surface area contributed by atoms with Gasteiger partial charge in [-0.3, -0.25) is 0 Å². The Kier molecular flexibility index (Phi) is 7.34. The van der Waals surface area contributed by atoms with Gasteiger partial charge in [-0.25, -0.2) is 0 Å². The highest BCUT2D eigenvalue weighted by Crippen LogP contribution is 2.58. The van der Waals surface area contributed by atoms with Crippen molar-refractivity contribution in [3.8, 4) is 22.6 Å². The minimum Gasteiger partial charge on any atom is -0.482 e. The normalized spacial score (nSPS) is 17.9. The number of hydrogen-bond acceptors (Lipinski definition) is 2. The van der Waals surface area contributed by atoms with E-state index in [1.165, 1.54) is 60.8 Å². The SMILES string of the molecule is CC12C=CC=CC1c1ccc(N(c3ccc4c(c3)C(c3ccccc3)(c3ccccc3)c3ccccc3-4)c3ccc4c(c3)c3ccccc3n4-c3ccccc3)cc1O2. The van der Waals surface area contributed by atoms with Crippen molar-refractivity contribution in [3.05, 3.63) is 246 Å². The van der Waals surface area contributed by atoms with Crippen LogP contribution in [0, 0.1) is 0 Å². The van der Waals surface area contributed by atoms with Crippen molar-refractivity contribution >= 4 is 38.9 Å². The van der Waals surface area contributed by atoms with Gasteiger partial charge in [-0.1, -0.05) is 152 Å². The van der Waals surface area contributed by atoms with Crippen LogP contribution in [0.3, 0.4) is 0 Å². The summed E-state index contributed by atoms with van der Waals surface area (Å²) < 4.78 is 9.22. The van der Waals surface area contributed by atoms with Crippen LogP contribution in [0.4, 0.5) is 17.1 Å². The summed E-state index contributed by atoms with van der Waals surface area (Å²) in [7, 11) is 0. The fraction of sp³-hybridized carbons (Fsp3) is 0.0714. The molecule has 2 unspecified atom stereocenters. The van der Waals surface area contributed by atoms with Gasteiger partial charge in [0, 0.05) is 51.1 Å². The molecule has 0 amide bonds. The maximum atomic E-state index is 6.84. The molecule has 8 aromatic carbocycles. The summed E-state index contributed by atoms with van der Waals surface area (Å²) in [5, 5.41) is 2.42. The standard InChI is InChI=1S/C56H40N2O/c1-55-34-16-15-25-49(55)47-32-29-43(37-54(47)59-55)57(41-30-33-53-48(35-41)46-24-12-14-27-52(46)58(53)40-21-9-4-10-22-40)42-28-31-45-44-23-11-13-26-50(44)56(51(45)36-42,38-17-5-2-6-18-38)39-19-7-3-8-20-39/h2-37,49H,1H3. The quantitative estimate of drug-likeness (QED) is 0.168. The predicted octanol–water partition coefficient (Wildman–Crippen LogP) is 14.0.